The van der Waals surface area contributed by atoms with Gasteiger partial charge in [-0.25, -0.2) is 12.7 Å². The number of hydrogen-bond acceptors (Lipinski definition) is 4. The van der Waals surface area contributed by atoms with E-state index in [0.29, 0.717) is 6.54 Å². The van der Waals surface area contributed by atoms with E-state index in [-0.39, 0.29) is 24.4 Å². The Balaban J connectivity index is 4.35. The van der Waals surface area contributed by atoms with E-state index in [4.69, 9.17) is 0 Å². The summed E-state index contributed by atoms with van der Waals surface area (Å²) in [6.07, 6.45) is 2.12. The summed E-state index contributed by atoms with van der Waals surface area (Å²) in [5.74, 6) is -0.126. The molecule has 1 N–H and O–H groups in total. The van der Waals surface area contributed by atoms with Gasteiger partial charge in [0, 0.05) is 25.0 Å². The number of nitrogens with zero attached hydrogens (tertiary/aromatic N) is 2. The molecule has 0 saturated heterocycles. The lowest BCUT2D eigenvalue weighted by Crippen LogP contribution is -2.42. The lowest BCUT2D eigenvalue weighted by Gasteiger charge is -2.23. The van der Waals surface area contributed by atoms with E-state index >= 15 is 0 Å². The normalized spacial score (nSPS) is 13.0. The first-order valence-electron chi connectivity index (χ1n) is 6.82. The fourth-order valence-corrected chi connectivity index (χ4v) is 2.60. The highest BCUT2D eigenvalue weighted by Gasteiger charge is 2.19. The summed E-state index contributed by atoms with van der Waals surface area (Å²) in [5.41, 5.74) is -0.294. The number of amides is 1. The molecule has 0 heterocycles. The van der Waals surface area contributed by atoms with Gasteiger partial charge in [-0.1, -0.05) is 0 Å². The summed E-state index contributed by atoms with van der Waals surface area (Å²) >= 11 is 0. The summed E-state index contributed by atoms with van der Waals surface area (Å²) < 4.78 is 24.7. The number of carbonyl (C=O) groups excluding carboxylic acids is 1. The maximum absolute atomic E-state index is 11.7. The second kappa shape index (κ2) is 7.95. The van der Waals surface area contributed by atoms with Crippen LogP contribution < -0.4 is 5.32 Å². The zero-order valence-corrected chi connectivity index (χ0v) is 14.4. The predicted octanol–water partition coefficient (Wildman–Crippen LogP) is 0.505. The van der Waals surface area contributed by atoms with E-state index in [2.05, 4.69) is 5.32 Å². The third-order valence-electron chi connectivity index (χ3n) is 2.58. The molecule has 0 unspecified atom stereocenters. The molecule has 0 bridgehead atoms. The van der Waals surface area contributed by atoms with Gasteiger partial charge in [-0.3, -0.25) is 4.79 Å². The molecular formula is C13H29N3O3S. The average Bonchev–Trinajstić information content (AvgIpc) is 2.17. The van der Waals surface area contributed by atoms with E-state index in [0.717, 1.165) is 13.0 Å². The zero-order valence-electron chi connectivity index (χ0n) is 13.6. The first-order valence-corrected chi connectivity index (χ1v) is 8.67. The molecule has 20 heavy (non-hydrogen) atoms. The Labute approximate surface area is 123 Å². The van der Waals surface area contributed by atoms with Crippen molar-refractivity contribution in [1.29, 1.82) is 0 Å². The van der Waals surface area contributed by atoms with Crippen molar-refractivity contribution in [3.8, 4) is 0 Å². The molecule has 0 atom stereocenters. The van der Waals surface area contributed by atoms with Gasteiger partial charge in [0.2, 0.25) is 15.9 Å². The standard InChI is InChI=1S/C13H29N3O3S/c1-13(2,3)14-12(17)8-11-16(20(6,18)19)10-7-9-15(4)5/h7-11H2,1-6H3,(H,14,17). The molecule has 0 fully saturated rings. The number of carbonyl (C=O) groups is 1. The number of nitrogens with one attached hydrogen (secondary N) is 1. The predicted molar refractivity (Wildman–Crippen MR) is 82.1 cm³/mol. The smallest absolute Gasteiger partial charge is 0.221 e. The van der Waals surface area contributed by atoms with Crippen LogP contribution in [0.2, 0.25) is 0 Å². The average molecular weight is 307 g/mol. The fourth-order valence-electron chi connectivity index (χ4n) is 1.71. The molecule has 120 valence electrons. The second-order valence-electron chi connectivity index (χ2n) is 6.37. The van der Waals surface area contributed by atoms with Gasteiger partial charge >= 0.3 is 0 Å². The van der Waals surface area contributed by atoms with E-state index < -0.39 is 10.0 Å². The minimum atomic E-state index is -3.27. The monoisotopic (exact) mass is 307 g/mol. The van der Waals surface area contributed by atoms with Crippen LogP contribution in [0.4, 0.5) is 0 Å². The maximum atomic E-state index is 11.7. The largest absolute Gasteiger partial charge is 0.351 e. The molecule has 0 saturated carbocycles. The first-order chi connectivity index (χ1) is 8.92. The van der Waals surface area contributed by atoms with Crippen LogP contribution >= 0.6 is 0 Å². The van der Waals surface area contributed by atoms with Gasteiger partial charge in [-0.15, -0.1) is 0 Å². The number of sulfonamides is 1. The fraction of sp³-hybridized carbons (Fsp3) is 0.923. The molecule has 0 aliphatic heterocycles. The van der Waals surface area contributed by atoms with Gasteiger partial charge < -0.3 is 10.2 Å². The van der Waals surface area contributed by atoms with E-state index in [1.807, 2.05) is 39.8 Å². The zero-order chi connectivity index (χ0) is 16.0. The van der Waals surface area contributed by atoms with E-state index in [9.17, 15) is 13.2 Å². The highest BCUT2D eigenvalue weighted by atomic mass is 32.2. The lowest BCUT2D eigenvalue weighted by molar-refractivity contribution is -0.122. The van der Waals surface area contributed by atoms with Gasteiger partial charge in [0.05, 0.1) is 6.26 Å². The van der Waals surface area contributed by atoms with Crippen molar-refractivity contribution >= 4 is 15.9 Å². The highest BCUT2D eigenvalue weighted by Crippen LogP contribution is 2.04. The Morgan fingerprint density at radius 3 is 2.05 bits per heavy atom. The van der Waals surface area contributed by atoms with Crippen molar-refractivity contribution in [2.75, 3.05) is 40.0 Å². The van der Waals surface area contributed by atoms with Crippen LogP contribution in [0.25, 0.3) is 0 Å². The number of hydrogen-bond donors (Lipinski definition) is 1. The van der Waals surface area contributed by atoms with Crippen LogP contribution in [0.3, 0.4) is 0 Å². The Hall–Kier alpha value is -0.660. The molecule has 7 heteroatoms. The third kappa shape index (κ3) is 10.2. The number of rotatable bonds is 8. The van der Waals surface area contributed by atoms with Crippen molar-refractivity contribution < 1.29 is 13.2 Å². The Morgan fingerprint density at radius 2 is 1.65 bits per heavy atom. The molecule has 0 aromatic rings. The summed E-state index contributed by atoms with van der Waals surface area (Å²) in [6.45, 7) is 7.19. The van der Waals surface area contributed by atoms with Gasteiger partial charge in [0.1, 0.15) is 0 Å². The molecule has 0 radical (unpaired) electrons. The Kier molecular flexibility index (Phi) is 7.69. The van der Waals surface area contributed by atoms with Gasteiger partial charge in [0.15, 0.2) is 0 Å². The summed E-state index contributed by atoms with van der Waals surface area (Å²) in [7, 11) is 0.625. The summed E-state index contributed by atoms with van der Waals surface area (Å²) in [5, 5.41) is 2.83. The third-order valence-corrected chi connectivity index (χ3v) is 3.89. The summed E-state index contributed by atoms with van der Waals surface area (Å²) in [6, 6.07) is 0. The molecule has 1 amide bonds. The van der Waals surface area contributed by atoms with Crippen molar-refractivity contribution in [1.82, 2.24) is 14.5 Å². The van der Waals surface area contributed by atoms with Crippen molar-refractivity contribution in [3.63, 3.8) is 0 Å². The lowest BCUT2D eigenvalue weighted by atomic mass is 10.1. The molecule has 0 aromatic heterocycles. The second-order valence-corrected chi connectivity index (χ2v) is 8.35. The van der Waals surface area contributed by atoms with Crippen molar-refractivity contribution in [2.24, 2.45) is 0 Å². The Bertz CT molecular complexity index is 400. The van der Waals surface area contributed by atoms with Gasteiger partial charge in [-0.05, 0) is 47.8 Å². The molecule has 0 aliphatic carbocycles. The minimum Gasteiger partial charge on any atom is -0.351 e. The molecule has 6 nitrogen and oxygen atoms in total. The molecule has 0 aromatic carbocycles. The van der Waals surface area contributed by atoms with Gasteiger partial charge in [0.25, 0.3) is 0 Å². The van der Waals surface area contributed by atoms with Crippen LogP contribution in [-0.4, -0.2) is 69.1 Å². The molecule has 0 spiro atoms. The van der Waals surface area contributed by atoms with Crippen LogP contribution in [0, 0.1) is 0 Å². The minimum absolute atomic E-state index is 0.126. The first kappa shape index (κ1) is 19.3. The maximum Gasteiger partial charge on any atom is 0.221 e. The molecule has 0 aliphatic rings. The Morgan fingerprint density at radius 1 is 1.10 bits per heavy atom. The van der Waals surface area contributed by atoms with E-state index in [1.54, 1.807) is 0 Å². The van der Waals surface area contributed by atoms with Crippen LogP contribution in [0.1, 0.15) is 33.6 Å². The van der Waals surface area contributed by atoms with Crippen LogP contribution in [0.15, 0.2) is 0 Å². The highest BCUT2D eigenvalue weighted by molar-refractivity contribution is 7.88. The summed E-state index contributed by atoms with van der Waals surface area (Å²) in [4.78, 5) is 13.7. The van der Waals surface area contributed by atoms with Crippen molar-refractivity contribution in [2.45, 2.75) is 39.2 Å². The topological polar surface area (TPSA) is 69.7 Å². The molecular weight excluding hydrogens is 278 g/mol. The van der Waals surface area contributed by atoms with Gasteiger partial charge in [-0.2, -0.15) is 0 Å². The van der Waals surface area contributed by atoms with E-state index in [1.165, 1.54) is 10.6 Å². The SMILES string of the molecule is CN(C)CCCN(CCC(=O)NC(C)(C)C)S(C)(=O)=O. The molecule has 0 rings (SSSR count). The van der Waals surface area contributed by atoms with Crippen molar-refractivity contribution in [3.05, 3.63) is 0 Å². The van der Waals surface area contributed by atoms with Crippen LogP contribution in [0.5, 0.6) is 0 Å². The quantitative estimate of drug-likeness (QED) is 0.709. The van der Waals surface area contributed by atoms with Crippen LogP contribution in [-0.2, 0) is 14.8 Å².